The topological polar surface area (TPSA) is 138 Å². The van der Waals surface area contributed by atoms with Crippen LogP contribution in [0.3, 0.4) is 0 Å². The average molecular weight is 567 g/mol. The number of thioether (sulfide) groups is 1. The summed E-state index contributed by atoms with van der Waals surface area (Å²) in [7, 11) is 0. The molecule has 2 unspecified atom stereocenters. The van der Waals surface area contributed by atoms with Crippen molar-refractivity contribution >= 4 is 35.4 Å². The fourth-order valence-electron chi connectivity index (χ4n) is 5.50. The van der Waals surface area contributed by atoms with Crippen molar-refractivity contribution in [2.75, 3.05) is 19.4 Å². The molecule has 214 valence electrons. The molecule has 10 nitrogen and oxygen atoms in total. The van der Waals surface area contributed by atoms with Gasteiger partial charge in [-0.1, -0.05) is 13.3 Å². The number of ether oxygens (including phenoxy) is 3. The van der Waals surface area contributed by atoms with Crippen molar-refractivity contribution in [1.82, 2.24) is 10.2 Å². The average Bonchev–Trinajstić information content (AvgIpc) is 3.05. The largest absolute Gasteiger partial charge is 0.444 e. The van der Waals surface area contributed by atoms with Crippen molar-refractivity contribution in [3.8, 4) is 0 Å². The maximum absolute atomic E-state index is 13.9. The third kappa shape index (κ3) is 7.04. The normalized spacial score (nSPS) is 38.3. The number of carbonyl (C=O) groups is 2. The number of aliphatic hydroxyl groups excluding tert-OH is 3. The van der Waals surface area contributed by atoms with Crippen LogP contribution in [-0.4, -0.2) is 111 Å². The van der Waals surface area contributed by atoms with Crippen molar-refractivity contribution in [2.45, 2.75) is 113 Å². The Morgan fingerprint density at radius 3 is 2.46 bits per heavy atom. The number of aliphatic hydroxyl groups is 3. The van der Waals surface area contributed by atoms with Gasteiger partial charge in [0.25, 0.3) is 0 Å². The Morgan fingerprint density at radius 2 is 1.89 bits per heavy atom. The molecule has 4 N–H and O–H groups in total. The van der Waals surface area contributed by atoms with E-state index in [-0.39, 0.29) is 5.92 Å². The molecule has 2 amide bonds. The number of amides is 2. The zero-order valence-corrected chi connectivity index (χ0v) is 24.1. The highest BCUT2D eigenvalue weighted by atomic mass is 35.5. The Labute approximate surface area is 228 Å². The molecule has 0 radical (unpaired) electrons. The van der Waals surface area contributed by atoms with E-state index in [4.69, 9.17) is 25.8 Å². The van der Waals surface area contributed by atoms with Gasteiger partial charge in [-0.15, -0.1) is 23.4 Å². The van der Waals surface area contributed by atoms with E-state index in [9.17, 15) is 24.9 Å². The molecule has 11 atom stereocenters. The molecule has 0 saturated carbocycles. The van der Waals surface area contributed by atoms with Crippen molar-refractivity contribution in [3.63, 3.8) is 0 Å². The molecular weight excluding hydrogens is 524 g/mol. The lowest BCUT2D eigenvalue weighted by Crippen LogP contribution is -2.65. The fourth-order valence-corrected chi connectivity index (χ4v) is 6.39. The van der Waals surface area contributed by atoms with E-state index in [0.717, 1.165) is 19.3 Å². The van der Waals surface area contributed by atoms with Gasteiger partial charge in [-0.25, -0.2) is 4.79 Å². The first kappa shape index (κ1) is 30.7. The van der Waals surface area contributed by atoms with Gasteiger partial charge in [0, 0.05) is 19.1 Å². The molecule has 0 spiro atoms. The maximum atomic E-state index is 13.9. The molecule has 3 saturated heterocycles. The van der Waals surface area contributed by atoms with E-state index in [1.807, 2.05) is 0 Å². The summed E-state index contributed by atoms with van der Waals surface area (Å²) in [6.07, 6.45) is -2.03. The van der Waals surface area contributed by atoms with Crippen LogP contribution in [0, 0.1) is 11.8 Å². The summed E-state index contributed by atoms with van der Waals surface area (Å²) in [5.41, 5.74) is -1.56. The van der Waals surface area contributed by atoms with Gasteiger partial charge in [-0.3, -0.25) is 9.69 Å². The number of alkyl halides is 1. The number of rotatable bonds is 6. The second-order valence-electron chi connectivity index (χ2n) is 11.4. The molecule has 0 aromatic rings. The number of nitrogens with one attached hydrogen (secondary N) is 1. The predicted octanol–water partition coefficient (Wildman–Crippen LogP) is 1.71. The van der Waals surface area contributed by atoms with Gasteiger partial charge >= 0.3 is 6.09 Å². The molecule has 12 heteroatoms. The first-order valence-electron chi connectivity index (χ1n) is 13.1. The van der Waals surface area contributed by atoms with E-state index in [0.29, 0.717) is 19.1 Å². The van der Waals surface area contributed by atoms with Crippen LogP contribution in [0.2, 0.25) is 0 Å². The lowest BCUT2D eigenvalue weighted by molar-refractivity contribution is -0.205. The van der Waals surface area contributed by atoms with Crippen LogP contribution in [0.1, 0.15) is 53.9 Å². The summed E-state index contributed by atoms with van der Waals surface area (Å²) < 4.78 is 17.7. The van der Waals surface area contributed by atoms with Crippen LogP contribution in [0.15, 0.2) is 0 Å². The molecule has 3 fully saturated rings. The number of likely N-dealkylation sites (tertiary alicyclic amines) is 1. The summed E-state index contributed by atoms with van der Waals surface area (Å²) in [6.45, 7) is 9.91. The summed E-state index contributed by atoms with van der Waals surface area (Å²) in [4.78, 5) is 28.5. The van der Waals surface area contributed by atoms with Crippen molar-refractivity contribution in [1.29, 1.82) is 0 Å². The lowest BCUT2D eigenvalue weighted by atomic mass is 9.88. The highest BCUT2D eigenvalue weighted by molar-refractivity contribution is 7.99. The highest BCUT2D eigenvalue weighted by Gasteiger charge is 2.53. The quantitative estimate of drug-likeness (QED) is 0.354. The van der Waals surface area contributed by atoms with Crippen LogP contribution >= 0.6 is 23.4 Å². The summed E-state index contributed by atoms with van der Waals surface area (Å²) >= 11 is 7.64. The van der Waals surface area contributed by atoms with Crippen LogP contribution in [0.4, 0.5) is 4.79 Å². The third-order valence-electron chi connectivity index (χ3n) is 7.49. The summed E-state index contributed by atoms with van der Waals surface area (Å²) in [5.74, 6) is -0.0880. The lowest BCUT2D eigenvalue weighted by Gasteiger charge is -2.44. The second-order valence-corrected chi connectivity index (χ2v) is 13.0. The Hall–Kier alpha value is -0.820. The van der Waals surface area contributed by atoms with Gasteiger partial charge in [-0.05, 0) is 52.7 Å². The van der Waals surface area contributed by atoms with Crippen molar-refractivity contribution in [3.05, 3.63) is 0 Å². The molecular formula is C25H43ClN2O8S. The van der Waals surface area contributed by atoms with E-state index in [2.05, 4.69) is 12.2 Å². The van der Waals surface area contributed by atoms with E-state index >= 15 is 0 Å². The number of hydrogen-bond donors (Lipinski definition) is 4. The molecule has 3 aliphatic rings. The summed E-state index contributed by atoms with van der Waals surface area (Å²) in [5, 5.41) is 33.5. The molecule has 3 rings (SSSR count). The number of fused-ring (bicyclic) bond motifs is 1. The Bertz CT molecular complexity index is 797. The van der Waals surface area contributed by atoms with Gasteiger partial charge in [0.2, 0.25) is 5.91 Å². The van der Waals surface area contributed by atoms with Gasteiger partial charge in [0.15, 0.2) is 0 Å². The van der Waals surface area contributed by atoms with Crippen LogP contribution < -0.4 is 5.32 Å². The van der Waals surface area contributed by atoms with Crippen molar-refractivity contribution in [2.24, 2.45) is 11.8 Å². The predicted molar refractivity (Wildman–Crippen MR) is 140 cm³/mol. The SMILES string of the molecule is CC[C@@H]1CCO[C@@H]2[C@@H](C1)CN(C(=O)OC(C)(C)C)[C@@H]2C(=O)N[C@H]([C@H](C)Cl)[C@H]1OC(SC)[C@H](O)[C@H](O)C1O. The smallest absolute Gasteiger partial charge is 0.411 e. The van der Waals surface area contributed by atoms with Gasteiger partial charge < -0.3 is 34.8 Å². The zero-order chi connectivity index (χ0) is 27.7. The van der Waals surface area contributed by atoms with Gasteiger partial charge in [-0.2, -0.15) is 0 Å². The van der Waals surface area contributed by atoms with Gasteiger partial charge in [0.1, 0.15) is 41.5 Å². The first-order chi connectivity index (χ1) is 17.3. The number of carbonyl (C=O) groups excluding carboxylic acids is 2. The Morgan fingerprint density at radius 1 is 1.22 bits per heavy atom. The zero-order valence-electron chi connectivity index (χ0n) is 22.5. The third-order valence-corrected chi connectivity index (χ3v) is 8.61. The molecule has 0 aliphatic carbocycles. The Kier molecular flexibility index (Phi) is 10.4. The molecule has 0 bridgehead atoms. The summed E-state index contributed by atoms with van der Waals surface area (Å²) in [6, 6.07) is -1.88. The van der Waals surface area contributed by atoms with E-state index in [1.165, 1.54) is 16.7 Å². The van der Waals surface area contributed by atoms with Crippen LogP contribution in [-0.2, 0) is 19.0 Å². The van der Waals surface area contributed by atoms with E-state index < -0.39 is 71.0 Å². The molecule has 3 heterocycles. The van der Waals surface area contributed by atoms with E-state index in [1.54, 1.807) is 34.0 Å². The molecule has 3 aliphatic heterocycles. The Balaban J connectivity index is 1.87. The fraction of sp³-hybridized carbons (Fsp3) is 0.920. The molecule has 0 aromatic heterocycles. The molecule has 37 heavy (non-hydrogen) atoms. The number of nitrogens with zero attached hydrogens (tertiary/aromatic N) is 1. The standard InChI is InChI=1S/C25H43ClN2O8S/c1-7-13-8-9-34-20-14(10-13)11-28(24(33)36-25(3,4)5)16(20)22(32)27-15(12(2)26)21-18(30)17(29)19(31)23(35-21)37-6/h12-21,23,29-31H,7-11H2,1-6H3,(H,27,32)/t12-,13+,14-,15+,16-,17+,18?,19+,20+,21+,23?/m0/s1. The number of halogens is 1. The minimum absolute atomic E-state index is 0.0306. The minimum atomic E-state index is -1.48. The van der Waals surface area contributed by atoms with Gasteiger partial charge in [0.05, 0.1) is 17.5 Å². The van der Waals surface area contributed by atoms with Crippen LogP contribution in [0.5, 0.6) is 0 Å². The molecule has 0 aromatic carbocycles. The minimum Gasteiger partial charge on any atom is -0.444 e. The maximum Gasteiger partial charge on any atom is 0.411 e. The second kappa shape index (κ2) is 12.6. The highest BCUT2D eigenvalue weighted by Crippen LogP contribution is 2.37. The first-order valence-corrected chi connectivity index (χ1v) is 14.8. The van der Waals surface area contributed by atoms with Crippen LogP contribution in [0.25, 0.3) is 0 Å². The van der Waals surface area contributed by atoms with Crippen molar-refractivity contribution < 1.29 is 39.1 Å². The monoisotopic (exact) mass is 566 g/mol. The number of hydrogen-bond acceptors (Lipinski definition) is 9.